The highest BCUT2D eigenvalue weighted by Crippen LogP contribution is 2.20. The predicted octanol–water partition coefficient (Wildman–Crippen LogP) is 2.07. The van der Waals surface area contributed by atoms with Gasteiger partial charge in [0, 0.05) is 45.9 Å². The number of carbonyl (C=O) groups is 2. The van der Waals surface area contributed by atoms with Crippen molar-refractivity contribution in [3.8, 4) is 0 Å². The molecule has 0 heterocycles. The molecule has 0 aromatic heterocycles. The van der Waals surface area contributed by atoms with Crippen LogP contribution in [0.1, 0.15) is 17.3 Å². The van der Waals surface area contributed by atoms with E-state index >= 15 is 0 Å². The maximum absolute atomic E-state index is 13.6. The number of allylic oxidation sites excluding steroid dienone is 1. The minimum absolute atomic E-state index is 0.0941. The van der Waals surface area contributed by atoms with Crippen LogP contribution in [0, 0.1) is 5.82 Å². The normalized spacial score (nSPS) is 10.6. The van der Waals surface area contributed by atoms with Gasteiger partial charge in [-0.2, -0.15) is 0 Å². The molecule has 0 radical (unpaired) electrons. The molecule has 0 aliphatic rings. The lowest BCUT2D eigenvalue weighted by Gasteiger charge is -2.16. The molecule has 102 valence electrons. The maximum Gasteiger partial charge on any atom is 0.223 e. The first-order valence-electron chi connectivity index (χ1n) is 5.75. The molecule has 1 aromatic rings. The molecule has 0 spiro atoms. The first-order valence-corrected chi connectivity index (χ1v) is 5.75. The standard InChI is InChI=1S/C14H17FN2O2/c1-10(18)17(4)13-9-11(5-6-12(13)15)14(19)7-8-16(2)3/h5-9H,1-4H3/b8-7+. The van der Waals surface area contributed by atoms with Gasteiger partial charge in [0.05, 0.1) is 5.69 Å². The molecule has 0 N–H and O–H groups in total. The molecule has 0 atom stereocenters. The molecule has 0 unspecified atom stereocenters. The second-order valence-corrected chi connectivity index (χ2v) is 4.39. The zero-order chi connectivity index (χ0) is 14.6. The number of halogens is 1. The van der Waals surface area contributed by atoms with Crippen LogP contribution in [0.5, 0.6) is 0 Å². The van der Waals surface area contributed by atoms with Crippen LogP contribution < -0.4 is 4.90 Å². The lowest BCUT2D eigenvalue weighted by Crippen LogP contribution is -2.24. The van der Waals surface area contributed by atoms with Gasteiger partial charge in [-0.15, -0.1) is 0 Å². The summed E-state index contributed by atoms with van der Waals surface area (Å²) in [5.41, 5.74) is 0.430. The van der Waals surface area contributed by atoms with E-state index in [0.29, 0.717) is 5.56 Å². The molecule has 0 bridgehead atoms. The van der Waals surface area contributed by atoms with Crippen LogP contribution in [-0.2, 0) is 4.79 Å². The van der Waals surface area contributed by atoms with Gasteiger partial charge >= 0.3 is 0 Å². The van der Waals surface area contributed by atoms with Crippen molar-refractivity contribution in [1.82, 2.24) is 4.90 Å². The molecule has 4 nitrogen and oxygen atoms in total. The molecule has 0 saturated carbocycles. The highest BCUT2D eigenvalue weighted by molar-refractivity contribution is 6.05. The summed E-state index contributed by atoms with van der Waals surface area (Å²) < 4.78 is 13.6. The molecule has 1 aromatic carbocycles. The van der Waals surface area contributed by atoms with E-state index in [1.165, 1.54) is 43.1 Å². The van der Waals surface area contributed by atoms with Gasteiger partial charge in [-0.1, -0.05) is 0 Å². The van der Waals surface area contributed by atoms with Crippen molar-refractivity contribution >= 4 is 17.4 Å². The van der Waals surface area contributed by atoms with Crippen molar-refractivity contribution in [2.45, 2.75) is 6.92 Å². The number of ketones is 1. The molecule has 1 amide bonds. The van der Waals surface area contributed by atoms with Crippen LogP contribution in [0.25, 0.3) is 0 Å². The van der Waals surface area contributed by atoms with E-state index in [1.54, 1.807) is 25.2 Å². The summed E-state index contributed by atoms with van der Waals surface area (Å²) in [6, 6.07) is 3.96. The van der Waals surface area contributed by atoms with Crippen LogP contribution in [-0.4, -0.2) is 37.7 Å². The van der Waals surface area contributed by atoms with Gasteiger partial charge in [0.25, 0.3) is 0 Å². The Balaban J connectivity index is 3.09. The maximum atomic E-state index is 13.6. The second-order valence-electron chi connectivity index (χ2n) is 4.39. The number of amides is 1. The third kappa shape index (κ3) is 3.91. The largest absolute Gasteiger partial charge is 0.383 e. The summed E-state index contributed by atoms with van der Waals surface area (Å²) in [7, 11) is 5.05. The zero-order valence-electron chi connectivity index (χ0n) is 11.5. The smallest absolute Gasteiger partial charge is 0.223 e. The SMILES string of the molecule is CC(=O)N(C)c1cc(C(=O)/C=C/N(C)C)ccc1F. The van der Waals surface area contributed by atoms with E-state index in [-0.39, 0.29) is 17.4 Å². The van der Waals surface area contributed by atoms with E-state index < -0.39 is 5.82 Å². The molecule has 1 rings (SSSR count). The third-order valence-corrected chi connectivity index (χ3v) is 2.59. The van der Waals surface area contributed by atoms with Crippen molar-refractivity contribution in [2.24, 2.45) is 0 Å². The lowest BCUT2D eigenvalue weighted by molar-refractivity contribution is -0.116. The topological polar surface area (TPSA) is 40.6 Å². The molecular weight excluding hydrogens is 247 g/mol. The zero-order valence-corrected chi connectivity index (χ0v) is 11.5. The van der Waals surface area contributed by atoms with Crippen LogP contribution >= 0.6 is 0 Å². The van der Waals surface area contributed by atoms with E-state index in [1.807, 2.05) is 0 Å². The van der Waals surface area contributed by atoms with Crippen LogP contribution in [0.3, 0.4) is 0 Å². The Kier molecular flexibility index (Phi) is 4.80. The average molecular weight is 264 g/mol. The molecule has 0 aliphatic carbocycles. The number of hydrogen-bond acceptors (Lipinski definition) is 3. The summed E-state index contributed by atoms with van der Waals surface area (Å²) in [5.74, 6) is -1.08. The van der Waals surface area contributed by atoms with Crippen molar-refractivity contribution < 1.29 is 14.0 Å². The third-order valence-electron chi connectivity index (χ3n) is 2.59. The van der Waals surface area contributed by atoms with E-state index in [4.69, 9.17) is 0 Å². The number of carbonyl (C=O) groups excluding carboxylic acids is 2. The summed E-state index contributed by atoms with van der Waals surface area (Å²) in [6.07, 6.45) is 3.00. The number of hydrogen-bond donors (Lipinski definition) is 0. The van der Waals surface area contributed by atoms with Gasteiger partial charge < -0.3 is 9.80 Å². The molecule has 19 heavy (non-hydrogen) atoms. The minimum atomic E-state index is -0.536. The number of benzene rings is 1. The fourth-order valence-corrected chi connectivity index (χ4v) is 1.41. The first-order chi connectivity index (χ1) is 8.82. The van der Waals surface area contributed by atoms with Gasteiger partial charge in [0.1, 0.15) is 5.82 Å². The fourth-order valence-electron chi connectivity index (χ4n) is 1.41. The monoisotopic (exact) mass is 264 g/mol. The minimum Gasteiger partial charge on any atom is -0.383 e. The highest BCUT2D eigenvalue weighted by Gasteiger charge is 2.13. The van der Waals surface area contributed by atoms with E-state index in [2.05, 4.69) is 0 Å². The number of nitrogens with zero attached hydrogens (tertiary/aromatic N) is 2. The molecular formula is C14H17FN2O2. The first kappa shape index (κ1) is 14.9. The number of rotatable bonds is 4. The van der Waals surface area contributed by atoms with Gasteiger partial charge in [-0.05, 0) is 18.2 Å². The van der Waals surface area contributed by atoms with Crippen LogP contribution in [0.4, 0.5) is 10.1 Å². The van der Waals surface area contributed by atoms with Gasteiger partial charge in [-0.3, -0.25) is 9.59 Å². The predicted molar refractivity (Wildman–Crippen MR) is 72.6 cm³/mol. The Morgan fingerprint density at radius 1 is 1.21 bits per heavy atom. The second kappa shape index (κ2) is 6.13. The molecule has 0 fully saturated rings. The van der Waals surface area contributed by atoms with Gasteiger partial charge in [0.2, 0.25) is 5.91 Å². The quantitative estimate of drug-likeness (QED) is 0.617. The van der Waals surface area contributed by atoms with Crippen molar-refractivity contribution in [3.05, 3.63) is 41.9 Å². The molecule has 5 heteroatoms. The Hall–Kier alpha value is -2.17. The highest BCUT2D eigenvalue weighted by atomic mass is 19.1. The van der Waals surface area contributed by atoms with Gasteiger partial charge in [-0.25, -0.2) is 4.39 Å². The fraction of sp³-hybridized carbons (Fsp3) is 0.286. The molecule has 0 aliphatic heterocycles. The Morgan fingerprint density at radius 2 is 1.84 bits per heavy atom. The summed E-state index contributed by atoms with van der Waals surface area (Å²) in [6.45, 7) is 1.33. The van der Waals surface area contributed by atoms with E-state index in [0.717, 1.165) is 0 Å². The Bertz CT molecular complexity index is 524. The lowest BCUT2D eigenvalue weighted by atomic mass is 10.1. The van der Waals surface area contributed by atoms with Crippen molar-refractivity contribution in [2.75, 3.05) is 26.0 Å². The van der Waals surface area contributed by atoms with Crippen LogP contribution in [0.15, 0.2) is 30.5 Å². The van der Waals surface area contributed by atoms with Crippen LogP contribution in [0.2, 0.25) is 0 Å². The van der Waals surface area contributed by atoms with E-state index in [9.17, 15) is 14.0 Å². The summed E-state index contributed by atoms with van der Waals surface area (Å²) >= 11 is 0. The summed E-state index contributed by atoms with van der Waals surface area (Å²) in [5, 5.41) is 0. The van der Waals surface area contributed by atoms with Gasteiger partial charge in [0.15, 0.2) is 5.78 Å². The average Bonchev–Trinajstić information content (AvgIpc) is 2.35. The summed E-state index contributed by atoms with van der Waals surface area (Å²) in [4.78, 5) is 26.0. The Labute approximate surface area is 112 Å². The van der Waals surface area contributed by atoms with Crippen molar-refractivity contribution in [1.29, 1.82) is 0 Å². The Morgan fingerprint density at radius 3 is 2.37 bits per heavy atom. The van der Waals surface area contributed by atoms with Crippen molar-refractivity contribution in [3.63, 3.8) is 0 Å². The number of anilines is 1. The molecule has 0 saturated heterocycles.